The summed E-state index contributed by atoms with van der Waals surface area (Å²) < 4.78 is 42.9. The van der Waals surface area contributed by atoms with Crippen molar-refractivity contribution in [2.75, 3.05) is 38.2 Å². The number of imide groups is 1. The Labute approximate surface area is 158 Å². The maximum absolute atomic E-state index is 12.8. The first-order valence-corrected chi connectivity index (χ1v) is 8.38. The molecule has 12 heteroatoms. The topological polar surface area (TPSA) is 106 Å². The van der Waals surface area contributed by atoms with Crippen LogP contribution in [-0.2, 0) is 15.7 Å². The first-order chi connectivity index (χ1) is 13.0. The van der Waals surface area contributed by atoms with Gasteiger partial charge in [0, 0.05) is 6.07 Å². The number of hydrogen-bond donors (Lipinski definition) is 2. The van der Waals surface area contributed by atoms with E-state index in [9.17, 15) is 32.9 Å². The standard InChI is InChI=1S/C16H19F3N4O5/c1-10(14(24)20-15(25)28-2)21-5-7-22(8-6-21)12-4-3-11(16(17,18)19)9-13(12)23(26)27/h3-4,9-10H,5-8H2,1-2H3,(H,20,24,25)/p+1/t10-/m0/s1. The Morgan fingerprint density at radius 2 is 1.93 bits per heavy atom. The summed E-state index contributed by atoms with van der Waals surface area (Å²) in [6.07, 6.45) is -5.54. The van der Waals surface area contributed by atoms with Gasteiger partial charge in [-0.15, -0.1) is 0 Å². The number of anilines is 1. The second-order valence-electron chi connectivity index (χ2n) is 6.31. The number of nitro groups is 1. The van der Waals surface area contributed by atoms with Crippen LogP contribution in [0.25, 0.3) is 0 Å². The second kappa shape index (κ2) is 8.42. The SMILES string of the molecule is COC(=O)NC(=O)[C@H](C)[NH+]1CCN(c2ccc(C(F)(F)F)cc2[N+](=O)[O-])CC1. The maximum Gasteiger partial charge on any atom is 0.416 e. The molecule has 1 fully saturated rings. The van der Waals surface area contributed by atoms with Gasteiger partial charge in [-0.05, 0) is 19.1 Å². The predicted octanol–water partition coefficient (Wildman–Crippen LogP) is 0.590. The molecule has 2 amide bonds. The number of halogens is 3. The number of hydrogen-bond acceptors (Lipinski definition) is 6. The summed E-state index contributed by atoms with van der Waals surface area (Å²) in [6.45, 7) is 3.06. The fourth-order valence-corrected chi connectivity index (χ4v) is 3.03. The number of benzene rings is 1. The number of nitrogens with zero attached hydrogens (tertiary/aromatic N) is 2. The van der Waals surface area contributed by atoms with Crippen LogP contribution < -0.4 is 15.1 Å². The molecule has 0 aromatic heterocycles. The predicted molar refractivity (Wildman–Crippen MR) is 91.0 cm³/mol. The summed E-state index contributed by atoms with van der Waals surface area (Å²) >= 11 is 0. The van der Waals surface area contributed by atoms with E-state index in [-0.39, 0.29) is 5.69 Å². The van der Waals surface area contributed by atoms with Crippen molar-refractivity contribution in [3.8, 4) is 0 Å². The smallest absolute Gasteiger partial charge is 0.416 e. The monoisotopic (exact) mass is 405 g/mol. The maximum atomic E-state index is 12.8. The lowest BCUT2D eigenvalue weighted by atomic mass is 10.1. The summed E-state index contributed by atoms with van der Waals surface area (Å²) in [5, 5.41) is 13.3. The van der Waals surface area contributed by atoms with E-state index in [1.54, 1.807) is 11.8 Å². The van der Waals surface area contributed by atoms with Gasteiger partial charge < -0.3 is 14.5 Å². The van der Waals surface area contributed by atoms with Crippen LogP contribution in [0.15, 0.2) is 18.2 Å². The minimum atomic E-state index is -4.67. The van der Waals surface area contributed by atoms with Crippen LogP contribution in [0.1, 0.15) is 12.5 Å². The van der Waals surface area contributed by atoms with E-state index >= 15 is 0 Å². The van der Waals surface area contributed by atoms with E-state index in [4.69, 9.17) is 0 Å². The molecule has 1 aliphatic heterocycles. The van der Waals surface area contributed by atoms with Crippen molar-refractivity contribution < 1.29 is 37.3 Å². The quantitative estimate of drug-likeness (QED) is 0.561. The number of amides is 2. The highest BCUT2D eigenvalue weighted by Crippen LogP contribution is 2.36. The number of nitro benzene ring substituents is 1. The third kappa shape index (κ3) is 4.88. The van der Waals surface area contributed by atoms with Gasteiger partial charge in [0.2, 0.25) is 0 Å². The summed E-state index contributed by atoms with van der Waals surface area (Å²) in [6, 6.07) is 1.87. The normalized spacial score (nSPS) is 16.4. The highest BCUT2D eigenvalue weighted by molar-refractivity contribution is 5.93. The van der Waals surface area contributed by atoms with Gasteiger partial charge >= 0.3 is 12.3 Å². The summed E-state index contributed by atoms with van der Waals surface area (Å²) in [5.74, 6) is -0.518. The lowest BCUT2D eigenvalue weighted by Crippen LogP contribution is -3.19. The van der Waals surface area contributed by atoms with E-state index in [0.717, 1.165) is 24.1 Å². The molecular formula is C16H20F3N4O5+. The largest absolute Gasteiger partial charge is 0.453 e. The van der Waals surface area contributed by atoms with Gasteiger partial charge in [0.15, 0.2) is 6.04 Å². The number of carbonyl (C=O) groups excluding carboxylic acids is 2. The average molecular weight is 405 g/mol. The Kier molecular flexibility index (Phi) is 6.44. The van der Waals surface area contributed by atoms with E-state index in [1.807, 2.05) is 0 Å². The Bertz CT molecular complexity index is 763. The summed E-state index contributed by atoms with van der Waals surface area (Å²) in [5.41, 5.74) is -1.60. The third-order valence-corrected chi connectivity index (χ3v) is 4.66. The molecule has 9 nitrogen and oxygen atoms in total. The minimum absolute atomic E-state index is 0.101. The van der Waals surface area contributed by atoms with E-state index in [0.29, 0.717) is 32.2 Å². The number of piperazine rings is 1. The Balaban J connectivity index is 2.09. The molecule has 0 unspecified atom stereocenters. The molecule has 0 radical (unpaired) electrons. The van der Waals surface area contributed by atoms with Gasteiger partial charge in [-0.3, -0.25) is 20.2 Å². The molecule has 2 rings (SSSR count). The highest BCUT2D eigenvalue weighted by Gasteiger charge is 2.35. The average Bonchev–Trinajstić information content (AvgIpc) is 2.66. The molecule has 1 atom stereocenters. The van der Waals surface area contributed by atoms with Crippen LogP contribution >= 0.6 is 0 Å². The number of rotatable bonds is 4. The van der Waals surface area contributed by atoms with Gasteiger partial charge in [0.25, 0.3) is 11.6 Å². The first-order valence-electron chi connectivity index (χ1n) is 8.38. The molecule has 28 heavy (non-hydrogen) atoms. The van der Waals surface area contributed by atoms with Crippen molar-refractivity contribution in [2.24, 2.45) is 0 Å². The van der Waals surface area contributed by atoms with Crippen LogP contribution in [0, 0.1) is 10.1 Å². The first kappa shape index (κ1) is 21.4. The molecule has 0 saturated carbocycles. The van der Waals surface area contributed by atoms with Gasteiger partial charge in [0.05, 0.1) is 43.8 Å². The van der Waals surface area contributed by atoms with Crippen molar-refractivity contribution in [3.05, 3.63) is 33.9 Å². The minimum Gasteiger partial charge on any atom is -0.453 e. The fraction of sp³-hybridized carbons (Fsp3) is 0.500. The third-order valence-electron chi connectivity index (χ3n) is 4.66. The molecule has 2 N–H and O–H groups in total. The zero-order valence-electron chi connectivity index (χ0n) is 15.2. The molecular weight excluding hydrogens is 385 g/mol. The molecule has 1 aliphatic rings. The van der Waals surface area contributed by atoms with Gasteiger partial charge in [-0.1, -0.05) is 0 Å². The molecule has 0 bridgehead atoms. The number of alkyl carbamates (subject to hydrolysis) is 1. The van der Waals surface area contributed by atoms with E-state index in [1.165, 1.54) is 0 Å². The fourth-order valence-electron chi connectivity index (χ4n) is 3.03. The Morgan fingerprint density at radius 1 is 1.32 bits per heavy atom. The molecule has 1 heterocycles. The zero-order chi connectivity index (χ0) is 21.1. The van der Waals surface area contributed by atoms with Crippen molar-refractivity contribution in [1.82, 2.24) is 5.32 Å². The molecule has 154 valence electrons. The number of methoxy groups -OCH3 is 1. The number of alkyl halides is 3. The molecule has 1 aromatic carbocycles. The highest BCUT2D eigenvalue weighted by atomic mass is 19.4. The molecule has 0 aliphatic carbocycles. The van der Waals surface area contributed by atoms with Crippen molar-refractivity contribution in [1.29, 1.82) is 0 Å². The Hall–Kier alpha value is -2.89. The number of carbonyl (C=O) groups is 2. The van der Waals surface area contributed by atoms with Crippen LogP contribution in [-0.4, -0.2) is 56.3 Å². The van der Waals surface area contributed by atoms with Crippen LogP contribution in [0.3, 0.4) is 0 Å². The summed E-state index contributed by atoms with van der Waals surface area (Å²) in [7, 11) is 1.13. The summed E-state index contributed by atoms with van der Waals surface area (Å²) in [4.78, 5) is 36.0. The molecule has 1 aromatic rings. The van der Waals surface area contributed by atoms with Crippen LogP contribution in [0.4, 0.5) is 29.3 Å². The van der Waals surface area contributed by atoms with Crippen molar-refractivity contribution in [3.63, 3.8) is 0 Å². The molecule has 1 saturated heterocycles. The van der Waals surface area contributed by atoms with Gasteiger partial charge in [-0.25, -0.2) is 4.79 Å². The van der Waals surface area contributed by atoms with Crippen molar-refractivity contribution in [2.45, 2.75) is 19.1 Å². The van der Waals surface area contributed by atoms with E-state index in [2.05, 4.69) is 10.1 Å². The van der Waals surface area contributed by atoms with Crippen molar-refractivity contribution >= 4 is 23.4 Å². The Morgan fingerprint density at radius 3 is 2.43 bits per heavy atom. The number of nitrogens with one attached hydrogen (secondary N) is 2. The van der Waals surface area contributed by atoms with E-state index < -0.39 is 40.4 Å². The second-order valence-corrected chi connectivity index (χ2v) is 6.31. The number of quaternary nitrogens is 1. The lowest BCUT2D eigenvalue weighted by Gasteiger charge is -2.35. The molecule has 0 spiro atoms. The van der Waals surface area contributed by atoms with Crippen LogP contribution in [0.5, 0.6) is 0 Å². The zero-order valence-corrected chi connectivity index (χ0v) is 15.2. The van der Waals surface area contributed by atoms with Gasteiger partial charge in [-0.2, -0.15) is 13.2 Å². The number of ether oxygens (including phenoxy) is 1. The van der Waals surface area contributed by atoms with Gasteiger partial charge in [0.1, 0.15) is 5.69 Å². The van der Waals surface area contributed by atoms with Crippen LogP contribution in [0.2, 0.25) is 0 Å². The lowest BCUT2D eigenvalue weighted by molar-refractivity contribution is -0.914.